The van der Waals surface area contributed by atoms with Gasteiger partial charge < -0.3 is 15.3 Å². The second-order valence-electron chi connectivity index (χ2n) is 6.06. The van der Waals surface area contributed by atoms with Gasteiger partial charge in [-0.3, -0.25) is 9.59 Å². The molecule has 6 nitrogen and oxygen atoms in total. The monoisotopic (exact) mass is 344 g/mol. The van der Waals surface area contributed by atoms with Gasteiger partial charge >= 0.3 is 5.97 Å². The van der Waals surface area contributed by atoms with Crippen molar-refractivity contribution in [3.63, 3.8) is 0 Å². The fraction of sp³-hybridized carbons (Fsp3) is 0.421. The van der Waals surface area contributed by atoms with Gasteiger partial charge in [0.2, 0.25) is 11.8 Å². The molecule has 0 radical (unpaired) electrons. The van der Waals surface area contributed by atoms with Gasteiger partial charge in [-0.15, -0.1) is 0 Å². The second kappa shape index (κ2) is 9.01. The van der Waals surface area contributed by atoms with E-state index in [1.807, 2.05) is 6.07 Å². The van der Waals surface area contributed by atoms with Gasteiger partial charge in [0.1, 0.15) is 12.1 Å². The third kappa shape index (κ3) is 4.92. The second-order valence-corrected chi connectivity index (χ2v) is 6.06. The molecule has 1 aromatic rings. The van der Waals surface area contributed by atoms with Gasteiger partial charge in [-0.1, -0.05) is 42.5 Å². The number of hydrogen-bond acceptors (Lipinski definition) is 3. The number of carboxylic acids is 1. The smallest absolute Gasteiger partial charge is 0.326 e. The van der Waals surface area contributed by atoms with Crippen molar-refractivity contribution < 1.29 is 19.5 Å². The summed E-state index contributed by atoms with van der Waals surface area (Å²) in [7, 11) is 0. The Hall–Kier alpha value is -2.63. The van der Waals surface area contributed by atoms with E-state index in [0.29, 0.717) is 18.5 Å². The minimum absolute atomic E-state index is 0.0735. The number of rotatable bonds is 7. The Morgan fingerprint density at radius 2 is 2.00 bits per heavy atom. The molecule has 1 aliphatic rings. The maximum Gasteiger partial charge on any atom is 0.326 e. The highest BCUT2D eigenvalue weighted by Gasteiger charge is 2.34. The summed E-state index contributed by atoms with van der Waals surface area (Å²) in [6.07, 6.45) is 5.71. The van der Waals surface area contributed by atoms with E-state index in [1.165, 1.54) is 0 Å². The van der Waals surface area contributed by atoms with Crippen molar-refractivity contribution in [2.75, 3.05) is 6.54 Å². The molecule has 1 aromatic carbocycles. The molecule has 2 amide bonds. The number of carboxylic acid groups (broad SMARTS) is 1. The Bertz CT molecular complexity index is 642. The number of amides is 2. The average Bonchev–Trinajstić information content (AvgIpc) is 2.61. The van der Waals surface area contributed by atoms with Gasteiger partial charge in [0.25, 0.3) is 0 Å². The maximum absolute atomic E-state index is 12.9. The molecule has 2 rings (SSSR count). The number of piperidine rings is 1. The maximum atomic E-state index is 12.9. The Labute approximate surface area is 147 Å². The van der Waals surface area contributed by atoms with E-state index in [1.54, 1.807) is 48.2 Å². The molecule has 0 bridgehead atoms. The predicted molar refractivity (Wildman–Crippen MR) is 93.7 cm³/mol. The Balaban J connectivity index is 2.26. The quantitative estimate of drug-likeness (QED) is 0.743. The molecule has 1 aliphatic heterocycles. The van der Waals surface area contributed by atoms with Crippen molar-refractivity contribution in [3.8, 4) is 0 Å². The summed E-state index contributed by atoms with van der Waals surface area (Å²) in [5.74, 6) is -1.63. The molecule has 25 heavy (non-hydrogen) atoms. The lowest BCUT2D eigenvalue weighted by Crippen LogP contribution is -2.49. The first-order valence-corrected chi connectivity index (χ1v) is 8.53. The number of carbonyl (C=O) groups excluding carboxylic acids is 2. The first kappa shape index (κ1) is 18.7. The minimum Gasteiger partial charge on any atom is -0.480 e. The summed E-state index contributed by atoms with van der Waals surface area (Å²) in [4.78, 5) is 38.2. The summed E-state index contributed by atoms with van der Waals surface area (Å²) in [5.41, 5.74) is 0.686. The molecule has 2 atom stereocenters. The molecular formula is C19H24N2O4. The summed E-state index contributed by atoms with van der Waals surface area (Å²) in [5, 5.41) is 11.9. The third-order valence-corrected chi connectivity index (χ3v) is 4.26. The van der Waals surface area contributed by atoms with Crippen LogP contribution in [0.4, 0.5) is 0 Å². The lowest BCUT2D eigenvalue weighted by atomic mass is 10.00. The number of carbonyl (C=O) groups is 3. The van der Waals surface area contributed by atoms with Crippen LogP contribution < -0.4 is 5.32 Å². The number of aliphatic carboxylic acids is 1. The van der Waals surface area contributed by atoms with Crippen LogP contribution in [0.15, 0.2) is 42.5 Å². The zero-order valence-corrected chi connectivity index (χ0v) is 14.4. The Morgan fingerprint density at radius 1 is 1.28 bits per heavy atom. The van der Waals surface area contributed by atoms with Crippen LogP contribution in [0.3, 0.4) is 0 Å². The van der Waals surface area contributed by atoms with Crippen LogP contribution >= 0.6 is 0 Å². The van der Waals surface area contributed by atoms with Crippen LogP contribution in [0.2, 0.25) is 0 Å². The third-order valence-electron chi connectivity index (χ3n) is 4.26. The molecule has 0 spiro atoms. The molecular weight excluding hydrogens is 320 g/mol. The normalized spacial score (nSPS) is 17.3. The molecule has 2 N–H and O–H groups in total. The lowest BCUT2D eigenvalue weighted by Gasteiger charge is -2.34. The van der Waals surface area contributed by atoms with Gasteiger partial charge in [-0.25, -0.2) is 4.79 Å². The zero-order chi connectivity index (χ0) is 18.2. The number of hydrogen-bond donors (Lipinski definition) is 2. The SMILES string of the molecule is C/C=C/CC(NC(=O)C(c1ccccc1)N1CCCCC1=O)C(=O)O. The summed E-state index contributed by atoms with van der Waals surface area (Å²) in [6.45, 7) is 2.29. The van der Waals surface area contributed by atoms with Crippen LogP contribution in [0.25, 0.3) is 0 Å². The zero-order valence-electron chi connectivity index (χ0n) is 14.4. The molecule has 134 valence electrons. The molecule has 6 heteroatoms. The summed E-state index contributed by atoms with van der Waals surface area (Å²) < 4.78 is 0. The number of nitrogens with zero attached hydrogens (tertiary/aromatic N) is 1. The average molecular weight is 344 g/mol. The van der Waals surface area contributed by atoms with E-state index in [0.717, 1.165) is 12.8 Å². The fourth-order valence-electron chi connectivity index (χ4n) is 2.95. The van der Waals surface area contributed by atoms with Crippen molar-refractivity contribution in [2.24, 2.45) is 0 Å². The molecule has 1 fully saturated rings. The highest BCUT2D eigenvalue weighted by molar-refractivity contribution is 5.91. The molecule has 0 aromatic heterocycles. The van der Waals surface area contributed by atoms with Crippen molar-refractivity contribution in [2.45, 2.75) is 44.7 Å². The lowest BCUT2D eigenvalue weighted by molar-refractivity contribution is -0.145. The van der Waals surface area contributed by atoms with Crippen LogP contribution in [0.5, 0.6) is 0 Å². The van der Waals surface area contributed by atoms with Gasteiger partial charge in [0.05, 0.1) is 0 Å². The number of nitrogens with one attached hydrogen (secondary N) is 1. The number of likely N-dealkylation sites (tertiary alicyclic amines) is 1. The van der Waals surface area contributed by atoms with Gasteiger partial charge in [0.15, 0.2) is 0 Å². The van der Waals surface area contributed by atoms with Crippen molar-refractivity contribution in [1.29, 1.82) is 0 Å². The van der Waals surface area contributed by atoms with Gasteiger partial charge in [-0.05, 0) is 31.7 Å². The molecule has 0 aliphatic carbocycles. The van der Waals surface area contributed by atoms with E-state index >= 15 is 0 Å². The fourth-order valence-corrected chi connectivity index (χ4v) is 2.95. The number of allylic oxidation sites excluding steroid dienone is 1. The topological polar surface area (TPSA) is 86.7 Å². The van der Waals surface area contributed by atoms with Crippen LogP contribution in [0.1, 0.15) is 44.2 Å². The van der Waals surface area contributed by atoms with Crippen molar-refractivity contribution in [3.05, 3.63) is 48.0 Å². The summed E-state index contributed by atoms with van der Waals surface area (Å²) >= 11 is 0. The van der Waals surface area contributed by atoms with Crippen molar-refractivity contribution in [1.82, 2.24) is 10.2 Å². The minimum atomic E-state index is -1.09. The predicted octanol–water partition coefficient (Wildman–Crippen LogP) is 2.28. The van der Waals surface area contributed by atoms with Crippen LogP contribution in [0, 0.1) is 0 Å². The van der Waals surface area contributed by atoms with Gasteiger partial charge in [-0.2, -0.15) is 0 Å². The van der Waals surface area contributed by atoms with Crippen LogP contribution in [-0.2, 0) is 14.4 Å². The molecule has 2 unspecified atom stereocenters. The van der Waals surface area contributed by atoms with E-state index in [-0.39, 0.29) is 12.3 Å². The van der Waals surface area contributed by atoms with Gasteiger partial charge in [0, 0.05) is 13.0 Å². The molecule has 0 saturated carbocycles. The highest BCUT2D eigenvalue weighted by Crippen LogP contribution is 2.26. The van der Waals surface area contributed by atoms with Crippen LogP contribution in [-0.4, -0.2) is 40.4 Å². The van der Waals surface area contributed by atoms with E-state index in [9.17, 15) is 19.5 Å². The van der Waals surface area contributed by atoms with E-state index < -0.39 is 24.0 Å². The van der Waals surface area contributed by atoms with E-state index in [2.05, 4.69) is 5.32 Å². The first-order valence-electron chi connectivity index (χ1n) is 8.53. The first-order chi connectivity index (χ1) is 12.0. The Morgan fingerprint density at radius 3 is 2.60 bits per heavy atom. The largest absolute Gasteiger partial charge is 0.480 e. The standard InChI is InChI=1S/C19H24N2O4/c1-2-3-11-15(19(24)25)20-18(23)17(14-9-5-4-6-10-14)21-13-8-7-12-16(21)22/h2-6,9-10,15,17H,7-8,11-13H2,1H3,(H,20,23)(H,24,25)/b3-2+. The molecule has 1 saturated heterocycles. The Kier molecular flexibility index (Phi) is 6.74. The van der Waals surface area contributed by atoms with E-state index in [4.69, 9.17) is 0 Å². The summed E-state index contributed by atoms with van der Waals surface area (Å²) in [6, 6.07) is 7.19. The van der Waals surface area contributed by atoms with Crippen molar-refractivity contribution >= 4 is 17.8 Å². The highest BCUT2D eigenvalue weighted by atomic mass is 16.4. The number of benzene rings is 1. The molecule has 1 heterocycles.